The fourth-order valence-corrected chi connectivity index (χ4v) is 4.37. The van der Waals surface area contributed by atoms with Gasteiger partial charge in [0.15, 0.2) is 0 Å². The molecule has 1 aliphatic heterocycles. The van der Waals surface area contributed by atoms with Crippen LogP contribution in [0.2, 0.25) is 0 Å². The molecule has 0 aliphatic carbocycles. The predicted octanol–water partition coefficient (Wildman–Crippen LogP) is 4.17. The van der Waals surface area contributed by atoms with E-state index in [9.17, 15) is 4.57 Å². The Morgan fingerprint density at radius 2 is 1.97 bits per heavy atom. The molecule has 1 aliphatic rings. The average Bonchev–Trinajstić information content (AvgIpc) is 3.11. The van der Waals surface area contributed by atoms with E-state index in [-0.39, 0.29) is 0 Å². The number of anilines is 3. The number of benzene rings is 1. The highest BCUT2D eigenvalue weighted by atomic mass is 31.2. The van der Waals surface area contributed by atoms with Crippen molar-refractivity contribution in [3.8, 4) is 11.3 Å². The van der Waals surface area contributed by atoms with Gasteiger partial charge in [-0.05, 0) is 56.0 Å². The molecule has 1 unspecified atom stereocenters. The van der Waals surface area contributed by atoms with Crippen molar-refractivity contribution in [3.63, 3.8) is 0 Å². The van der Waals surface area contributed by atoms with Crippen molar-refractivity contribution in [1.82, 2.24) is 19.7 Å². The Morgan fingerprint density at radius 3 is 2.66 bits per heavy atom. The van der Waals surface area contributed by atoms with Gasteiger partial charge in [-0.3, -0.25) is 0 Å². The lowest BCUT2D eigenvalue weighted by atomic mass is 9.99. The molecule has 3 aromatic rings. The zero-order chi connectivity index (χ0) is 20.6. The summed E-state index contributed by atoms with van der Waals surface area (Å²) in [6.07, 6.45) is 4.69. The van der Waals surface area contributed by atoms with E-state index < -0.39 is 7.14 Å². The van der Waals surface area contributed by atoms with Crippen molar-refractivity contribution in [2.24, 2.45) is 5.92 Å². The summed E-state index contributed by atoms with van der Waals surface area (Å²) < 4.78 is 14.2. The molecule has 0 spiro atoms. The molecular weight excluding hydrogens is 383 g/mol. The Labute approximate surface area is 171 Å². The minimum atomic E-state index is -2.26. The zero-order valence-electron chi connectivity index (χ0n) is 17.3. The van der Waals surface area contributed by atoms with Gasteiger partial charge in [-0.15, -0.1) is 0 Å². The van der Waals surface area contributed by atoms with E-state index in [1.165, 1.54) is 0 Å². The second kappa shape index (κ2) is 7.64. The van der Waals surface area contributed by atoms with Crippen LogP contribution in [0.4, 0.5) is 17.5 Å². The molecule has 1 atom stereocenters. The molecule has 2 N–H and O–H groups in total. The molecule has 3 heterocycles. The molecule has 0 radical (unpaired) electrons. The summed E-state index contributed by atoms with van der Waals surface area (Å²) in [6.45, 7) is 8.92. The first-order valence-electron chi connectivity index (χ1n) is 9.89. The first kappa shape index (κ1) is 19.6. The number of hydrogen-bond acceptors (Lipinski definition) is 6. The molecule has 0 fully saturated rings. The Hall–Kier alpha value is -2.66. The number of nitrogens with one attached hydrogen (secondary N) is 2. The van der Waals surface area contributed by atoms with Crippen LogP contribution >= 0.6 is 7.14 Å². The molecule has 2 aromatic heterocycles. The highest BCUT2D eigenvalue weighted by Gasteiger charge is 2.24. The SMILES string of the molecule is CC(C)C1CCn2ncc(-c3ccnc(Nc4ccc(P(C)(C)=O)cc4)n3)c2N1. The van der Waals surface area contributed by atoms with Gasteiger partial charge in [0.2, 0.25) is 5.95 Å². The summed E-state index contributed by atoms with van der Waals surface area (Å²) in [4.78, 5) is 9.04. The van der Waals surface area contributed by atoms with Gasteiger partial charge in [-0.1, -0.05) is 13.8 Å². The van der Waals surface area contributed by atoms with Crippen LogP contribution in [0.25, 0.3) is 11.3 Å². The van der Waals surface area contributed by atoms with E-state index in [0.29, 0.717) is 17.9 Å². The predicted molar refractivity (Wildman–Crippen MR) is 119 cm³/mol. The summed E-state index contributed by atoms with van der Waals surface area (Å²) in [5.41, 5.74) is 2.66. The van der Waals surface area contributed by atoms with E-state index in [1.807, 2.05) is 41.2 Å². The summed E-state index contributed by atoms with van der Waals surface area (Å²) in [6, 6.07) is 9.91. The van der Waals surface area contributed by atoms with Gasteiger partial charge in [-0.25, -0.2) is 14.6 Å². The van der Waals surface area contributed by atoms with E-state index >= 15 is 0 Å². The molecule has 152 valence electrons. The van der Waals surface area contributed by atoms with Crippen LogP contribution in [0, 0.1) is 5.92 Å². The Kier molecular flexibility index (Phi) is 5.17. The Morgan fingerprint density at radius 1 is 1.21 bits per heavy atom. The topological polar surface area (TPSA) is 84.7 Å². The highest BCUT2D eigenvalue weighted by molar-refractivity contribution is 7.70. The fourth-order valence-electron chi connectivity index (χ4n) is 3.51. The fraction of sp³-hybridized carbons (Fsp3) is 0.381. The van der Waals surface area contributed by atoms with Crippen LogP contribution in [0.5, 0.6) is 0 Å². The van der Waals surface area contributed by atoms with E-state index in [4.69, 9.17) is 0 Å². The Balaban J connectivity index is 1.58. The van der Waals surface area contributed by atoms with Gasteiger partial charge in [0, 0.05) is 29.8 Å². The van der Waals surface area contributed by atoms with Crippen molar-refractivity contribution < 1.29 is 4.57 Å². The van der Waals surface area contributed by atoms with Crippen molar-refractivity contribution in [2.45, 2.75) is 32.9 Å². The number of aryl methyl sites for hydroxylation is 1. The van der Waals surface area contributed by atoms with Crippen molar-refractivity contribution in [3.05, 3.63) is 42.7 Å². The van der Waals surface area contributed by atoms with Crippen LogP contribution < -0.4 is 15.9 Å². The molecule has 8 heteroatoms. The van der Waals surface area contributed by atoms with Crippen LogP contribution in [0.1, 0.15) is 20.3 Å². The second-order valence-electron chi connectivity index (χ2n) is 8.20. The Bertz CT molecular complexity index is 1050. The average molecular weight is 410 g/mol. The number of fused-ring (bicyclic) bond motifs is 1. The number of aromatic nitrogens is 4. The maximum absolute atomic E-state index is 12.2. The van der Waals surface area contributed by atoms with Crippen molar-refractivity contribution in [2.75, 3.05) is 24.0 Å². The lowest BCUT2D eigenvalue weighted by molar-refractivity contribution is 0.418. The van der Waals surface area contributed by atoms with Gasteiger partial charge < -0.3 is 15.2 Å². The third-order valence-corrected chi connectivity index (χ3v) is 6.84. The summed E-state index contributed by atoms with van der Waals surface area (Å²) in [7, 11) is -2.26. The van der Waals surface area contributed by atoms with Gasteiger partial charge in [0.25, 0.3) is 0 Å². The molecule has 29 heavy (non-hydrogen) atoms. The van der Waals surface area contributed by atoms with Crippen LogP contribution in [-0.4, -0.2) is 39.1 Å². The van der Waals surface area contributed by atoms with Crippen molar-refractivity contribution in [1.29, 1.82) is 0 Å². The summed E-state index contributed by atoms with van der Waals surface area (Å²) >= 11 is 0. The molecule has 0 amide bonds. The molecule has 0 saturated heterocycles. The third-order valence-electron chi connectivity index (χ3n) is 5.29. The monoisotopic (exact) mass is 410 g/mol. The minimum absolute atomic E-state index is 0.434. The van der Waals surface area contributed by atoms with Gasteiger partial charge in [-0.2, -0.15) is 5.10 Å². The standard InChI is InChI=1S/C21H27N6OP/c1-14(2)18-10-12-27-20(25-18)17(13-23-27)19-9-11-22-21(26-19)24-15-5-7-16(8-6-15)29(3,4)28/h5-9,11,13-14,18,25H,10,12H2,1-4H3,(H,22,24,26). The molecule has 0 bridgehead atoms. The normalized spacial score (nSPS) is 16.4. The van der Waals surface area contributed by atoms with Crippen molar-refractivity contribution >= 4 is 29.9 Å². The highest BCUT2D eigenvalue weighted by Crippen LogP contribution is 2.35. The maximum Gasteiger partial charge on any atom is 0.227 e. The van der Waals surface area contributed by atoms with Crippen LogP contribution in [-0.2, 0) is 11.1 Å². The number of hydrogen-bond donors (Lipinski definition) is 2. The van der Waals surface area contributed by atoms with E-state index in [0.717, 1.165) is 41.0 Å². The molecule has 4 rings (SSSR count). The largest absolute Gasteiger partial charge is 0.367 e. The molecule has 1 aromatic carbocycles. The lowest BCUT2D eigenvalue weighted by Crippen LogP contribution is -2.33. The molecule has 0 saturated carbocycles. The first-order chi connectivity index (χ1) is 13.8. The second-order valence-corrected chi connectivity index (χ2v) is 11.4. The lowest BCUT2D eigenvalue weighted by Gasteiger charge is -2.29. The first-order valence-corrected chi connectivity index (χ1v) is 12.5. The van der Waals surface area contributed by atoms with Gasteiger partial charge in [0.1, 0.15) is 13.0 Å². The maximum atomic E-state index is 12.2. The summed E-state index contributed by atoms with van der Waals surface area (Å²) in [5, 5.41) is 12.2. The smallest absolute Gasteiger partial charge is 0.227 e. The summed E-state index contributed by atoms with van der Waals surface area (Å²) in [5.74, 6) is 2.09. The zero-order valence-corrected chi connectivity index (χ0v) is 18.1. The molecule has 7 nitrogen and oxygen atoms in total. The quantitative estimate of drug-likeness (QED) is 0.614. The molecular formula is C21H27N6OP. The minimum Gasteiger partial charge on any atom is -0.367 e. The van der Waals surface area contributed by atoms with Gasteiger partial charge in [0.05, 0.1) is 17.5 Å². The van der Waals surface area contributed by atoms with Crippen LogP contribution in [0.3, 0.4) is 0 Å². The van der Waals surface area contributed by atoms with E-state index in [2.05, 4.69) is 39.5 Å². The van der Waals surface area contributed by atoms with E-state index in [1.54, 1.807) is 19.5 Å². The van der Waals surface area contributed by atoms with Crippen LogP contribution in [0.15, 0.2) is 42.7 Å². The van der Waals surface area contributed by atoms with Gasteiger partial charge >= 0.3 is 0 Å². The number of rotatable bonds is 5. The third kappa shape index (κ3) is 4.20. The number of nitrogens with zero attached hydrogens (tertiary/aromatic N) is 4.